The van der Waals surface area contributed by atoms with E-state index in [-0.39, 0.29) is 0 Å². The van der Waals surface area contributed by atoms with Gasteiger partial charge in [0.2, 0.25) is 0 Å². The van der Waals surface area contributed by atoms with Gasteiger partial charge in [-0.2, -0.15) is 0 Å². The predicted molar refractivity (Wildman–Crippen MR) is 142 cm³/mol. The van der Waals surface area contributed by atoms with Crippen LogP contribution in [0, 0.1) is 0 Å². The van der Waals surface area contributed by atoms with Crippen LogP contribution in [0.15, 0.2) is 57.3 Å². The number of azide groups is 1. The number of nitrogens with zero attached hydrogens (tertiary/aromatic N) is 4. The summed E-state index contributed by atoms with van der Waals surface area (Å²) >= 11 is 0. The average Bonchev–Trinajstić information content (AvgIpc) is 3.12. The first-order valence-corrected chi connectivity index (χ1v) is 14.0. The summed E-state index contributed by atoms with van der Waals surface area (Å²) in [4.78, 5) is 41.2. The van der Waals surface area contributed by atoms with Crippen LogP contribution in [0.5, 0.6) is 0 Å². The van der Waals surface area contributed by atoms with Gasteiger partial charge in [0.05, 0.1) is 24.9 Å². The molecule has 0 saturated carbocycles. The van der Waals surface area contributed by atoms with Gasteiger partial charge in [0.1, 0.15) is 17.7 Å². The Morgan fingerprint density at radius 3 is 2.55 bits per heavy atom. The maximum absolute atomic E-state index is 13.9. The summed E-state index contributed by atoms with van der Waals surface area (Å²) in [7, 11) is -4.30. The molecule has 1 aromatic heterocycles. The second kappa shape index (κ2) is 12.9. The van der Waals surface area contributed by atoms with Gasteiger partial charge in [0.15, 0.2) is 6.23 Å². The molecule has 1 unspecified atom stereocenters. The molecule has 0 aliphatic carbocycles. The predicted octanol–water partition coefficient (Wildman–Crippen LogP) is 2.70. The largest absolute Gasteiger partial charge is 0.462 e. The van der Waals surface area contributed by atoms with Crippen LogP contribution >= 0.6 is 7.75 Å². The number of rotatable bonds is 12. The third-order valence-corrected chi connectivity index (χ3v) is 7.94. The lowest BCUT2D eigenvalue weighted by Gasteiger charge is -2.28. The Morgan fingerprint density at radius 1 is 1.27 bits per heavy atom. The van der Waals surface area contributed by atoms with E-state index in [4.69, 9.17) is 24.1 Å². The molecule has 16 heteroatoms. The number of esters is 1. The van der Waals surface area contributed by atoms with E-state index < -0.39 is 73.8 Å². The number of carbonyl (C=O) groups is 1. The molecular weight excluding hydrogens is 547 g/mol. The lowest BCUT2D eigenvalue weighted by Crippen LogP contribution is -2.45. The van der Waals surface area contributed by atoms with Gasteiger partial charge in [0, 0.05) is 17.2 Å². The highest BCUT2D eigenvalue weighted by Crippen LogP contribution is 2.50. The molecule has 1 aliphatic heterocycles. The second-order valence-corrected chi connectivity index (χ2v) is 11.4. The van der Waals surface area contributed by atoms with Crippen molar-refractivity contribution in [3.63, 3.8) is 0 Å². The van der Waals surface area contributed by atoms with E-state index in [0.717, 1.165) is 16.8 Å². The van der Waals surface area contributed by atoms with Crippen molar-refractivity contribution in [2.24, 2.45) is 5.11 Å². The first-order valence-electron chi connectivity index (χ1n) is 12.5. The van der Waals surface area contributed by atoms with Gasteiger partial charge in [0.25, 0.3) is 5.56 Å². The quantitative estimate of drug-likeness (QED) is 0.110. The van der Waals surface area contributed by atoms with Crippen molar-refractivity contribution >= 4 is 13.7 Å². The number of ether oxygens (including phenoxy) is 2. The summed E-state index contributed by atoms with van der Waals surface area (Å²) in [6.07, 6.45) is -4.21. The summed E-state index contributed by atoms with van der Waals surface area (Å²) in [5.41, 5.74) is 6.58. The monoisotopic (exact) mass is 580 g/mol. The fourth-order valence-corrected chi connectivity index (χ4v) is 5.74. The Morgan fingerprint density at radius 2 is 1.95 bits per heavy atom. The number of nitrogens with one attached hydrogen (secondary N) is 2. The highest BCUT2D eigenvalue weighted by atomic mass is 31.2. The van der Waals surface area contributed by atoms with Crippen LogP contribution in [0.4, 0.5) is 0 Å². The Kier molecular flexibility index (Phi) is 10.1. The molecule has 0 amide bonds. The number of benzene rings is 1. The van der Waals surface area contributed by atoms with Crippen LogP contribution in [0.3, 0.4) is 0 Å². The summed E-state index contributed by atoms with van der Waals surface area (Å²) in [5.74, 6) is -0.694. The number of aromatic nitrogens is 2. The molecule has 40 heavy (non-hydrogen) atoms. The van der Waals surface area contributed by atoms with Crippen LogP contribution in [0.1, 0.15) is 52.5 Å². The molecule has 1 saturated heterocycles. The molecule has 2 heterocycles. The Labute approximate surface area is 229 Å². The van der Waals surface area contributed by atoms with Gasteiger partial charge < -0.3 is 14.6 Å². The van der Waals surface area contributed by atoms with Crippen LogP contribution < -0.4 is 16.3 Å². The van der Waals surface area contributed by atoms with Gasteiger partial charge in [-0.15, -0.1) is 0 Å². The molecular formula is C24H33N6O9P. The van der Waals surface area contributed by atoms with Gasteiger partial charge >= 0.3 is 19.4 Å². The number of aliphatic hydroxyl groups is 1. The maximum Gasteiger partial charge on any atom is 0.406 e. The number of hydrogen-bond acceptors (Lipinski definition) is 10. The van der Waals surface area contributed by atoms with Crippen molar-refractivity contribution in [3.05, 3.63) is 79.4 Å². The standard InChI is InChI=1S/C24H33N6O9P/c1-14(2)37-21(33)15(3)27-40(35,39-16(4)17-9-7-6-8-10-17)36-13-18-20(32)24(5,28-29-25)22(38-18)30-12-11-19(31)26-23(30)34/h6-12,14-16,18,20,22,32H,13H2,1-5H3,(H,27,35)(H,26,31,34)/t15-,16-,18+,20+,22+,24+,40?/m0/s1. The van der Waals surface area contributed by atoms with E-state index in [2.05, 4.69) is 20.1 Å². The molecule has 1 fully saturated rings. The number of aliphatic hydroxyl groups excluding tert-OH is 1. The zero-order valence-corrected chi connectivity index (χ0v) is 23.6. The minimum absolute atomic E-state index is 0.421. The summed E-state index contributed by atoms with van der Waals surface area (Å²) in [6, 6.07) is 8.82. The third kappa shape index (κ3) is 7.26. The van der Waals surface area contributed by atoms with Crippen LogP contribution in [0.2, 0.25) is 0 Å². The van der Waals surface area contributed by atoms with E-state index in [1.165, 1.54) is 13.8 Å². The first-order chi connectivity index (χ1) is 18.8. The van der Waals surface area contributed by atoms with Crippen molar-refractivity contribution < 1.29 is 33.0 Å². The van der Waals surface area contributed by atoms with Crippen molar-refractivity contribution in [1.29, 1.82) is 0 Å². The highest BCUT2D eigenvalue weighted by molar-refractivity contribution is 7.51. The molecule has 3 rings (SSSR count). The number of H-pyrrole nitrogens is 1. The Bertz CT molecular complexity index is 1390. The van der Waals surface area contributed by atoms with Crippen molar-refractivity contribution in [2.45, 2.75) is 76.8 Å². The Hall–Kier alpha value is -3.29. The van der Waals surface area contributed by atoms with Crippen molar-refractivity contribution in [2.75, 3.05) is 6.61 Å². The number of aromatic amines is 1. The molecule has 0 radical (unpaired) electrons. The van der Waals surface area contributed by atoms with Crippen molar-refractivity contribution in [3.8, 4) is 0 Å². The molecule has 2 aromatic rings. The third-order valence-electron chi connectivity index (χ3n) is 6.15. The normalized spacial score (nSPS) is 25.5. The van der Waals surface area contributed by atoms with E-state index in [9.17, 15) is 24.1 Å². The molecule has 0 spiro atoms. The van der Waals surface area contributed by atoms with Crippen molar-refractivity contribution in [1.82, 2.24) is 14.6 Å². The fourth-order valence-electron chi connectivity index (χ4n) is 4.08. The molecule has 15 nitrogen and oxygen atoms in total. The van der Waals surface area contributed by atoms with Gasteiger partial charge in [-0.25, -0.2) is 14.4 Å². The minimum Gasteiger partial charge on any atom is -0.462 e. The Balaban J connectivity index is 1.87. The summed E-state index contributed by atoms with van der Waals surface area (Å²) < 4.78 is 37.3. The molecule has 0 bridgehead atoms. The summed E-state index contributed by atoms with van der Waals surface area (Å²) in [5, 5.41) is 17.3. The molecule has 1 aromatic carbocycles. The minimum atomic E-state index is -4.30. The molecule has 1 aliphatic rings. The second-order valence-electron chi connectivity index (χ2n) is 9.69. The van der Waals surface area contributed by atoms with E-state index in [1.807, 2.05) is 0 Å². The van der Waals surface area contributed by atoms with E-state index >= 15 is 0 Å². The topological polar surface area (TPSA) is 207 Å². The van der Waals surface area contributed by atoms with Crippen LogP contribution in [-0.2, 0) is 27.9 Å². The van der Waals surface area contributed by atoms with Crippen LogP contribution in [0.25, 0.3) is 10.4 Å². The van der Waals surface area contributed by atoms with Gasteiger partial charge in [-0.3, -0.25) is 28.2 Å². The van der Waals surface area contributed by atoms with Gasteiger partial charge in [-0.1, -0.05) is 35.4 Å². The molecule has 218 valence electrons. The maximum atomic E-state index is 13.9. The SMILES string of the molecule is CC(C)OC(=O)[C@H](C)NP(=O)(OC[C@H]1O[C@@H](n2ccc(=O)[nH]c2=O)[C@](C)(N=[N+]=[N-])[C@@H]1O)O[C@@H](C)c1ccccc1. The zero-order chi connectivity index (χ0) is 29.7. The van der Waals surface area contributed by atoms with E-state index in [0.29, 0.717) is 5.56 Å². The number of hydrogen-bond donors (Lipinski definition) is 3. The molecule has 7 atom stereocenters. The lowest BCUT2D eigenvalue weighted by molar-refractivity contribution is -0.149. The highest BCUT2D eigenvalue weighted by Gasteiger charge is 2.55. The van der Waals surface area contributed by atoms with E-state index in [1.54, 1.807) is 51.1 Å². The zero-order valence-electron chi connectivity index (χ0n) is 22.7. The molecule has 3 N–H and O–H groups in total. The lowest BCUT2D eigenvalue weighted by atomic mass is 9.93. The summed E-state index contributed by atoms with van der Waals surface area (Å²) in [6.45, 7) is 7.19. The number of carbonyl (C=O) groups excluding carboxylic acids is 1. The fraction of sp³-hybridized carbons (Fsp3) is 0.542. The smallest absolute Gasteiger partial charge is 0.406 e. The first kappa shape index (κ1) is 31.2. The average molecular weight is 581 g/mol. The van der Waals surface area contributed by atoms with Gasteiger partial charge in [-0.05, 0) is 45.7 Å². The van der Waals surface area contributed by atoms with Crippen LogP contribution in [-0.4, -0.2) is 57.1 Å².